The van der Waals surface area contributed by atoms with Crippen LogP contribution in [0.15, 0.2) is 21.6 Å². The molecule has 86 valence electrons. The first-order chi connectivity index (χ1) is 7.44. The molecule has 0 bridgehead atoms. The van der Waals surface area contributed by atoms with E-state index in [1.54, 1.807) is 0 Å². The second kappa shape index (κ2) is 3.49. The van der Waals surface area contributed by atoms with Gasteiger partial charge in [-0.2, -0.15) is 0 Å². The highest BCUT2D eigenvalue weighted by Crippen LogP contribution is 2.24. The van der Waals surface area contributed by atoms with Crippen LogP contribution in [0.4, 0.5) is 4.39 Å². The molecule has 0 aliphatic rings. The number of hydrogen-bond donors (Lipinski definition) is 0. The second-order valence-corrected chi connectivity index (χ2v) is 5.40. The molecule has 2 aromatic rings. The van der Waals surface area contributed by atoms with Gasteiger partial charge in [0.1, 0.15) is 4.90 Å². The first kappa shape index (κ1) is 11.0. The lowest BCUT2D eigenvalue weighted by atomic mass is 10.3. The molecule has 0 aliphatic heterocycles. The van der Waals surface area contributed by atoms with Gasteiger partial charge < -0.3 is 4.52 Å². The number of benzene rings is 1. The van der Waals surface area contributed by atoms with Crippen LogP contribution >= 0.6 is 0 Å². The third-order valence-corrected chi connectivity index (χ3v) is 3.92. The van der Waals surface area contributed by atoms with Gasteiger partial charge in [0.05, 0.1) is 0 Å². The molecule has 1 heterocycles. The monoisotopic (exact) mass is 245 g/mol. The lowest BCUT2D eigenvalue weighted by Crippen LogP contribution is -2.22. The molecule has 1 aromatic heterocycles. The van der Waals surface area contributed by atoms with Crippen molar-refractivity contribution < 1.29 is 17.3 Å². The first-order valence-electron chi connectivity index (χ1n) is 4.27. The number of nitrogens with zero attached hydrogens (tertiary/aromatic N) is 3. The van der Waals surface area contributed by atoms with Crippen molar-refractivity contribution in [1.82, 2.24) is 14.7 Å². The molecule has 0 spiro atoms. The van der Waals surface area contributed by atoms with E-state index in [9.17, 15) is 12.8 Å². The molecule has 0 N–H and O–H groups in total. The summed E-state index contributed by atoms with van der Waals surface area (Å²) in [6.07, 6.45) is 0. The Balaban J connectivity index is 2.81. The largest absolute Gasteiger partial charge is 0.334 e. The Morgan fingerprint density at radius 3 is 2.69 bits per heavy atom. The molecule has 0 fully saturated rings. The first-order valence-corrected chi connectivity index (χ1v) is 5.71. The van der Waals surface area contributed by atoms with Gasteiger partial charge in [-0.15, -0.1) is 5.10 Å². The third-order valence-electron chi connectivity index (χ3n) is 2.08. The van der Waals surface area contributed by atoms with Gasteiger partial charge in [0.15, 0.2) is 11.3 Å². The van der Waals surface area contributed by atoms with E-state index in [0.29, 0.717) is 0 Å². The quantitative estimate of drug-likeness (QED) is 0.774. The van der Waals surface area contributed by atoms with Crippen molar-refractivity contribution >= 4 is 21.1 Å². The molecule has 2 rings (SSSR count). The van der Waals surface area contributed by atoms with Crippen molar-refractivity contribution in [2.24, 2.45) is 0 Å². The predicted molar refractivity (Wildman–Crippen MR) is 52.6 cm³/mol. The fourth-order valence-corrected chi connectivity index (χ4v) is 2.23. The molecule has 0 atom stereocenters. The van der Waals surface area contributed by atoms with E-state index in [1.807, 2.05) is 0 Å². The van der Waals surface area contributed by atoms with Crippen molar-refractivity contribution in [3.05, 3.63) is 17.9 Å². The van der Waals surface area contributed by atoms with Gasteiger partial charge >= 0.3 is 0 Å². The Labute approximate surface area is 90.7 Å². The van der Waals surface area contributed by atoms with Crippen LogP contribution in [0.3, 0.4) is 0 Å². The molecule has 0 saturated carbocycles. The predicted octanol–water partition coefficient (Wildman–Crippen LogP) is 0.612. The van der Waals surface area contributed by atoms with E-state index in [1.165, 1.54) is 14.1 Å². The van der Waals surface area contributed by atoms with Crippen molar-refractivity contribution in [3.63, 3.8) is 0 Å². The van der Waals surface area contributed by atoms with Crippen LogP contribution in [0, 0.1) is 5.82 Å². The summed E-state index contributed by atoms with van der Waals surface area (Å²) in [4.78, 5) is -0.129. The average Bonchev–Trinajstić information content (AvgIpc) is 2.66. The SMILES string of the molecule is CN(C)S(=O)(=O)c1ccc(F)c2onnc12. The molecule has 6 nitrogen and oxygen atoms in total. The van der Waals surface area contributed by atoms with E-state index in [4.69, 9.17) is 0 Å². The van der Waals surface area contributed by atoms with Gasteiger partial charge in [0.25, 0.3) is 0 Å². The van der Waals surface area contributed by atoms with E-state index < -0.39 is 15.8 Å². The summed E-state index contributed by atoms with van der Waals surface area (Å²) in [7, 11) is -0.940. The Hall–Kier alpha value is -1.54. The van der Waals surface area contributed by atoms with Crippen LogP contribution < -0.4 is 0 Å². The summed E-state index contributed by atoms with van der Waals surface area (Å²) >= 11 is 0. The number of hydrogen-bond acceptors (Lipinski definition) is 5. The molecule has 0 amide bonds. The topological polar surface area (TPSA) is 76.3 Å². The lowest BCUT2D eigenvalue weighted by Gasteiger charge is -2.10. The molecule has 0 unspecified atom stereocenters. The Bertz CT molecular complexity index is 635. The number of halogens is 1. The van der Waals surface area contributed by atoms with E-state index in [-0.39, 0.29) is 16.0 Å². The van der Waals surface area contributed by atoms with Gasteiger partial charge in [0, 0.05) is 19.4 Å². The number of fused-ring (bicyclic) bond motifs is 1. The van der Waals surface area contributed by atoms with Gasteiger partial charge in [-0.1, -0.05) is 0 Å². The molecular formula is C8H8FN3O3S. The van der Waals surface area contributed by atoms with Crippen molar-refractivity contribution in [3.8, 4) is 0 Å². The molecule has 16 heavy (non-hydrogen) atoms. The maximum atomic E-state index is 13.2. The van der Waals surface area contributed by atoms with Crippen molar-refractivity contribution in [1.29, 1.82) is 0 Å². The van der Waals surface area contributed by atoms with E-state index >= 15 is 0 Å². The smallest absolute Gasteiger partial charge is 0.244 e. The molecule has 0 radical (unpaired) electrons. The minimum absolute atomic E-state index is 0.103. The Morgan fingerprint density at radius 2 is 2.06 bits per heavy atom. The molecule has 8 heteroatoms. The number of aromatic nitrogens is 2. The lowest BCUT2D eigenvalue weighted by molar-refractivity contribution is 0.412. The Kier molecular flexibility index (Phi) is 2.39. The Morgan fingerprint density at radius 1 is 1.38 bits per heavy atom. The summed E-state index contributed by atoms with van der Waals surface area (Å²) in [5.41, 5.74) is -0.364. The fourth-order valence-electron chi connectivity index (χ4n) is 1.22. The molecular weight excluding hydrogens is 237 g/mol. The van der Waals surface area contributed by atoms with Crippen molar-refractivity contribution in [2.75, 3.05) is 14.1 Å². The molecule has 0 saturated heterocycles. The standard InChI is InChI=1S/C8H8FN3O3S/c1-12(2)16(13,14)6-4-3-5(9)8-7(6)10-11-15-8/h3-4H,1-2H3. The average molecular weight is 245 g/mol. The van der Waals surface area contributed by atoms with Crippen molar-refractivity contribution in [2.45, 2.75) is 4.90 Å². The minimum Gasteiger partial charge on any atom is -0.334 e. The van der Waals surface area contributed by atoms with Gasteiger partial charge in [-0.25, -0.2) is 17.1 Å². The highest BCUT2D eigenvalue weighted by Gasteiger charge is 2.24. The summed E-state index contributed by atoms with van der Waals surface area (Å²) in [6, 6.07) is 2.14. The number of rotatable bonds is 2. The fraction of sp³-hybridized carbons (Fsp3) is 0.250. The van der Waals surface area contributed by atoms with Crippen LogP contribution in [0.1, 0.15) is 0 Å². The van der Waals surface area contributed by atoms with Gasteiger partial charge in [-0.3, -0.25) is 0 Å². The maximum Gasteiger partial charge on any atom is 0.244 e. The van der Waals surface area contributed by atoms with Crippen LogP contribution in [0.5, 0.6) is 0 Å². The highest BCUT2D eigenvalue weighted by molar-refractivity contribution is 7.89. The minimum atomic E-state index is -3.69. The maximum absolute atomic E-state index is 13.2. The van der Waals surface area contributed by atoms with Crippen LogP contribution in [0.2, 0.25) is 0 Å². The second-order valence-electron chi connectivity index (χ2n) is 3.28. The molecule has 1 aromatic carbocycles. The zero-order valence-corrected chi connectivity index (χ0v) is 9.32. The van der Waals surface area contributed by atoms with E-state index in [2.05, 4.69) is 14.9 Å². The van der Waals surface area contributed by atoms with Crippen LogP contribution in [-0.4, -0.2) is 37.2 Å². The van der Waals surface area contributed by atoms with E-state index in [0.717, 1.165) is 16.4 Å². The molecule has 0 aliphatic carbocycles. The number of sulfonamides is 1. The zero-order valence-electron chi connectivity index (χ0n) is 8.51. The van der Waals surface area contributed by atoms with Crippen LogP contribution in [-0.2, 0) is 10.0 Å². The zero-order chi connectivity index (χ0) is 11.9. The van der Waals surface area contributed by atoms with Gasteiger partial charge in [0.2, 0.25) is 15.6 Å². The highest BCUT2D eigenvalue weighted by atomic mass is 32.2. The third kappa shape index (κ3) is 1.46. The van der Waals surface area contributed by atoms with Gasteiger partial charge in [-0.05, 0) is 12.1 Å². The summed E-state index contributed by atoms with van der Waals surface area (Å²) in [6.45, 7) is 0. The summed E-state index contributed by atoms with van der Waals surface area (Å²) < 4.78 is 42.5. The normalized spacial score (nSPS) is 12.5. The van der Waals surface area contributed by atoms with Crippen LogP contribution in [0.25, 0.3) is 11.1 Å². The summed E-state index contributed by atoms with van der Waals surface area (Å²) in [5.74, 6) is -0.697. The summed E-state index contributed by atoms with van der Waals surface area (Å²) in [5, 5.41) is 6.61.